The molecule has 1 fully saturated rings. The van der Waals surface area contributed by atoms with Crippen LogP contribution in [0.3, 0.4) is 0 Å². The van der Waals surface area contributed by atoms with E-state index < -0.39 is 0 Å². The molecule has 2 heterocycles. The molecule has 20 heavy (non-hydrogen) atoms. The fourth-order valence-electron chi connectivity index (χ4n) is 2.22. The van der Waals surface area contributed by atoms with Crippen molar-refractivity contribution in [2.75, 3.05) is 19.6 Å². The highest BCUT2D eigenvalue weighted by molar-refractivity contribution is 6.29. The first kappa shape index (κ1) is 14.8. The maximum Gasteiger partial charge on any atom is 0.254 e. The summed E-state index contributed by atoms with van der Waals surface area (Å²) in [6, 6.07) is 3.33. The van der Waals surface area contributed by atoms with Crippen molar-refractivity contribution in [1.29, 1.82) is 0 Å². The molecule has 6 heteroatoms. The number of halogens is 1. The molecule has 0 radical (unpaired) electrons. The van der Waals surface area contributed by atoms with Gasteiger partial charge in [0.2, 0.25) is 5.91 Å². The molecule has 2 rings (SSSR count). The molecule has 0 aliphatic carbocycles. The lowest BCUT2D eigenvalue weighted by molar-refractivity contribution is -0.121. The highest BCUT2D eigenvalue weighted by Crippen LogP contribution is 2.15. The molecule has 1 aromatic rings. The molecule has 0 atom stereocenters. The summed E-state index contributed by atoms with van der Waals surface area (Å²) in [6.45, 7) is 3.33. The van der Waals surface area contributed by atoms with E-state index in [2.05, 4.69) is 10.3 Å². The molecule has 0 saturated carbocycles. The van der Waals surface area contributed by atoms with Gasteiger partial charge in [0.15, 0.2) is 0 Å². The van der Waals surface area contributed by atoms with Gasteiger partial charge in [-0.05, 0) is 25.0 Å². The van der Waals surface area contributed by atoms with Gasteiger partial charge in [-0.3, -0.25) is 9.59 Å². The van der Waals surface area contributed by atoms with Crippen molar-refractivity contribution in [3.63, 3.8) is 0 Å². The Bertz CT molecular complexity index is 519. The van der Waals surface area contributed by atoms with E-state index in [-0.39, 0.29) is 18.4 Å². The molecule has 1 aliphatic heterocycles. The molecule has 0 spiro atoms. The highest BCUT2D eigenvalue weighted by Gasteiger charge is 2.21. The van der Waals surface area contributed by atoms with Gasteiger partial charge < -0.3 is 10.2 Å². The number of carbonyl (C=O) groups is 2. The van der Waals surface area contributed by atoms with Gasteiger partial charge in [-0.15, -0.1) is 0 Å². The number of amides is 2. The van der Waals surface area contributed by atoms with Gasteiger partial charge in [0.05, 0.1) is 6.54 Å². The maximum absolute atomic E-state index is 12.5. The lowest BCUT2D eigenvalue weighted by atomic mass is 10.1. The Kier molecular flexibility index (Phi) is 4.95. The highest BCUT2D eigenvalue weighted by atomic mass is 35.5. The van der Waals surface area contributed by atoms with E-state index in [4.69, 9.17) is 11.6 Å². The van der Waals surface area contributed by atoms with E-state index >= 15 is 0 Å². The number of nitrogens with one attached hydrogen (secondary N) is 1. The van der Waals surface area contributed by atoms with Crippen LogP contribution in [-0.4, -0.2) is 41.3 Å². The van der Waals surface area contributed by atoms with Crippen molar-refractivity contribution in [3.8, 4) is 0 Å². The molecule has 0 unspecified atom stereocenters. The van der Waals surface area contributed by atoms with Crippen molar-refractivity contribution in [2.24, 2.45) is 0 Å². The Hall–Kier alpha value is -1.62. The van der Waals surface area contributed by atoms with Gasteiger partial charge in [-0.2, -0.15) is 0 Å². The summed E-state index contributed by atoms with van der Waals surface area (Å²) in [5, 5.41) is 3.07. The van der Waals surface area contributed by atoms with Crippen LogP contribution in [0, 0.1) is 0 Å². The predicted molar refractivity (Wildman–Crippen MR) is 76.8 cm³/mol. The van der Waals surface area contributed by atoms with E-state index in [0.717, 1.165) is 25.0 Å². The summed E-state index contributed by atoms with van der Waals surface area (Å²) in [7, 11) is 0. The molecule has 5 nitrogen and oxygen atoms in total. The first-order chi connectivity index (χ1) is 9.60. The molecule has 1 N–H and O–H groups in total. The van der Waals surface area contributed by atoms with Crippen molar-refractivity contribution >= 4 is 23.4 Å². The van der Waals surface area contributed by atoms with Crippen LogP contribution in [0.1, 0.15) is 35.8 Å². The van der Waals surface area contributed by atoms with Crippen molar-refractivity contribution in [3.05, 3.63) is 28.5 Å². The van der Waals surface area contributed by atoms with Gasteiger partial charge in [-0.1, -0.05) is 24.9 Å². The Morgan fingerprint density at radius 1 is 1.50 bits per heavy atom. The van der Waals surface area contributed by atoms with Crippen LogP contribution in [0.2, 0.25) is 5.15 Å². The SMILES string of the molecule is CCCc1cc(C(=O)N2CCCNC(=O)C2)cc(Cl)n1. The van der Waals surface area contributed by atoms with Crippen LogP contribution in [0.5, 0.6) is 0 Å². The van der Waals surface area contributed by atoms with Gasteiger partial charge in [-0.25, -0.2) is 4.98 Å². The van der Waals surface area contributed by atoms with Crippen LogP contribution in [-0.2, 0) is 11.2 Å². The Morgan fingerprint density at radius 2 is 2.30 bits per heavy atom. The number of pyridine rings is 1. The van der Waals surface area contributed by atoms with Crippen molar-refractivity contribution in [1.82, 2.24) is 15.2 Å². The fourth-order valence-corrected chi connectivity index (χ4v) is 2.45. The normalized spacial score (nSPS) is 15.7. The largest absolute Gasteiger partial charge is 0.354 e. The summed E-state index contributed by atoms with van der Waals surface area (Å²) in [5.41, 5.74) is 1.31. The Labute approximate surface area is 123 Å². The second kappa shape index (κ2) is 6.70. The molecule has 1 saturated heterocycles. The van der Waals surface area contributed by atoms with Crippen LogP contribution in [0.25, 0.3) is 0 Å². The van der Waals surface area contributed by atoms with Gasteiger partial charge in [0.25, 0.3) is 5.91 Å². The maximum atomic E-state index is 12.5. The lowest BCUT2D eigenvalue weighted by Crippen LogP contribution is -2.37. The summed E-state index contributed by atoms with van der Waals surface area (Å²) < 4.78 is 0. The summed E-state index contributed by atoms with van der Waals surface area (Å²) in [4.78, 5) is 29.7. The third-order valence-electron chi connectivity index (χ3n) is 3.15. The number of aryl methyl sites for hydroxylation is 1. The van der Waals surface area contributed by atoms with Gasteiger partial charge in [0, 0.05) is 24.3 Å². The smallest absolute Gasteiger partial charge is 0.254 e. The van der Waals surface area contributed by atoms with E-state index in [0.29, 0.717) is 23.8 Å². The zero-order valence-corrected chi connectivity index (χ0v) is 12.2. The minimum absolute atomic E-state index is 0.0991. The lowest BCUT2D eigenvalue weighted by Gasteiger charge is -2.19. The monoisotopic (exact) mass is 295 g/mol. The topological polar surface area (TPSA) is 62.3 Å². The van der Waals surface area contributed by atoms with Gasteiger partial charge >= 0.3 is 0 Å². The average molecular weight is 296 g/mol. The standard InChI is InChI=1S/C14H18ClN3O2/c1-2-4-11-7-10(8-12(15)17-11)14(20)18-6-3-5-16-13(19)9-18/h7-8H,2-6,9H2,1H3,(H,16,19). The third-order valence-corrected chi connectivity index (χ3v) is 3.34. The Balaban J connectivity index is 2.21. The zero-order valence-electron chi connectivity index (χ0n) is 11.5. The first-order valence-corrected chi connectivity index (χ1v) is 7.20. The average Bonchev–Trinajstić information content (AvgIpc) is 2.62. The molecule has 1 aromatic heterocycles. The first-order valence-electron chi connectivity index (χ1n) is 6.82. The Morgan fingerprint density at radius 3 is 3.05 bits per heavy atom. The van der Waals surface area contributed by atoms with E-state index in [1.54, 1.807) is 17.0 Å². The second-order valence-corrected chi connectivity index (χ2v) is 5.24. The number of rotatable bonds is 3. The van der Waals surface area contributed by atoms with Crippen LogP contribution < -0.4 is 5.32 Å². The zero-order chi connectivity index (χ0) is 14.5. The number of aromatic nitrogens is 1. The molecule has 108 valence electrons. The molecular formula is C14H18ClN3O2. The van der Waals surface area contributed by atoms with Crippen molar-refractivity contribution in [2.45, 2.75) is 26.2 Å². The summed E-state index contributed by atoms with van der Waals surface area (Å²) >= 11 is 5.97. The summed E-state index contributed by atoms with van der Waals surface area (Å²) in [6.07, 6.45) is 2.48. The number of nitrogens with zero attached hydrogens (tertiary/aromatic N) is 2. The molecule has 0 bridgehead atoms. The number of hydrogen-bond donors (Lipinski definition) is 1. The van der Waals surface area contributed by atoms with E-state index in [9.17, 15) is 9.59 Å². The predicted octanol–water partition coefficient (Wildman–Crippen LogP) is 1.65. The van der Waals surface area contributed by atoms with Gasteiger partial charge in [0.1, 0.15) is 5.15 Å². The van der Waals surface area contributed by atoms with Crippen LogP contribution in [0.4, 0.5) is 0 Å². The molecule has 0 aromatic carbocycles. The minimum atomic E-state index is -0.163. The number of carbonyl (C=O) groups excluding carboxylic acids is 2. The minimum Gasteiger partial charge on any atom is -0.354 e. The molecule has 2 amide bonds. The fraction of sp³-hybridized carbons (Fsp3) is 0.500. The second-order valence-electron chi connectivity index (χ2n) is 4.85. The third kappa shape index (κ3) is 3.70. The molecular weight excluding hydrogens is 278 g/mol. The van der Waals surface area contributed by atoms with E-state index in [1.807, 2.05) is 6.92 Å². The van der Waals surface area contributed by atoms with E-state index in [1.165, 1.54) is 0 Å². The quantitative estimate of drug-likeness (QED) is 0.863. The van der Waals surface area contributed by atoms with Crippen molar-refractivity contribution < 1.29 is 9.59 Å². The molecule has 1 aliphatic rings. The van der Waals surface area contributed by atoms with Crippen LogP contribution >= 0.6 is 11.6 Å². The number of hydrogen-bond acceptors (Lipinski definition) is 3. The summed E-state index contributed by atoms with van der Waals surface area (Å²) in [5.74, 6) is -0.284. The van der Waals surface area contributed by atoms with Crippen LogP contribution in [0.15, 0.2) is 12.1 Å².